The number of hydrogen-bond acceptors (Lipinski definition) is 3. The van der Waals surface area contributed by atoms with Crippen molar-refractivity contribution in [1.29, 1.82) is 0 Å². The molecular formula is C7H8N2O. The van der Waals surface area contributed by atoms with E-state index in [0.29, 0.717) is 17.7 Å². The van der Waals surface area contributed by atoms with Gasteiger partial charge in [0, 0.05) is 11.8 Å². The third-order valence-corrected chi connectivity index (χ3v) is 3.05. The Balaban J connectivity index is 2.16. The van der Waals surface area contributed by atoms with Crippen molar-refractivity contribution >= 4 is 5.78 Å². The average Bonchev–Trinajstić information content (AvgIpc) is 2.47. The van der Waals surface area contributed by atoms with E-state index in [0.717, 1.165) is 6.42 Å². The van der Waals surface area contributed by atoms with Gasteiger partial charge in [-0.25, -0.2) is 0 Å². The van der Waals surface area contributed by atoms with Crippen molar-refractivity contribution in [2.24, 2.45) is 22.1 Å². The molecule has 0 aromatic carbocycles. The summed E-state index contributed by atoms with van der Waals surface area (Å²) in [6.07, 6.45) is 2.25. The van der Waals surface area contributed by atoms with Crippen molar-refractivity contribution < 1.29 is 4.79 Å². The molecule has 0 N–H and O–H groups in total. The van der Waals surface area contributed by atoms with Gasteiger partial charge < -0.3 is 0 Å². The fraction of sp³-hybridized carbons (Fsp3) is 0.857. The second-order valence-corrected chi connectivity index (χ2v) is 3.42. The minimum Gasteiger partial charge on any atom is -0.297 e. The number of carbonyl (C=O) groups is 1. The molecule has 1 aliphatic heterocycles. The fourth-order valence-corrected chi connectivity index (χ4v) is 2.55. The first-order chi connectivity index (χ1) is 4.88. The second kappa shape index (κ2) is 1.31. The van der Waals surface area contributed by atoms with E-state index in [9.17, 15) is 4.79 Å². The molecular weight excluding hydrogens is 128 g/mol. The van der Waals surface area contributed by atoms with Crippen LogP contribution in [0.1, 0.15) is 12.8 Å². The lowest BCUT2D eigenvalue weighted by atomic mass is 9.95. The number of carbonyl (C=O) groups excluding carboxylic acids is 1. The van der Waals surface area contributed by atoms with Gasteiger partial charge in [0.2, 0.25) is 0 Å². The molecule has 0 aromatic rings. The average molecular weight is 136 g/mol. The highest BCUT2D eigenvalue weighted by molar-refractivity contribution is 5.91. The molecule has 1 heterocycles. The number of azo groups is 1. The predicted molar refractivity (Wildman–Crippen MR) is 33.7 cm³/mol. The number of Topliss-reactive ketones (excluding diaryl/α,β-unsaturated/α-hetero) is 1. The summed E-state index contributed by atoms with van der Waals surface area (Å²) < 4.78 is 0. The van der Waals surface area contributed by atoms with E-state index >= 15 is 0 Å². The number of ketones is 1. The summed E-state index contributed by atoms with van der Waals surface area (Å²) in [6.45, 7) is 0. The molecule has 0 radical (unpaired) electrons. The summed E-state index contributed by atoms with van der Waals surface area (Å²) in [4.78, 5) is 11.3. The first kappa shape index (κ1) is 4.99. The molecule has 2 aliphatic carbocycles. The lowest BCUT2D eigenvalue weighted by Crippen LogP contribution is -2.25. The van der Waals surface area contributed by atoms with Crippen molar-refractivity contribution in [3.63, 3.8) is 0 Å². The van der Waals surface area contributed by atoms with Gasteiger partial charge in [0.15, 0.2) is 5.78 Å². The molecule has 0 aromatic heterocycles. The van der Waals surface area contributed by atoms with Crippen molar-refractivity contribution in [2.45, 2.75) is 24.9 Å². The molecule has 3 nitrogen and oxygen atoms in total. The van der Waals surface area contributed by atoms with Crippen LogP contribution in [0.4, 0.5) is 0 Å². The van der Waals surface area contributed by atoms with Gasteiger partial charge in [-0.3, -0.25) is 4.79 Å². The van der Waals surface area contributed by atoms with Crippen LogP contribution in [0.2, 0.25) is 0 Å². The van der Waals surface area contributed by atoms with Crippen molar-refractivity contribution in [3.8, 4) is 0 Å². The topological polar surface area (TPSA) is 41.8 Å². The van der Waals surface area contributed by atoms with Gasteiger partial charge in [0.25, 0.3) is 0 Å². The molecule has 10 heavy (non-hydrogen) atoms. The Morgan fingerprint density at radius 3 is 2.70 bits per heavy atom. The van der Waals surface area contributed by atoms with E-state index in [4.69, 9.17) is 0 Å². The van der Waals surface area contributed by atoms with Crippen LogP contribution >= 0.6 is 0 Å². The minimum atomic E-state index is -0.0104. The first-order valence-corrected chi connectivity index (χ1v) is 3.81. The molecule has 4 atom stereocenters. The Kier molecular flexibility index (Phi) is 0.654. The second-order valence-electron chi connectivity index (χ2n) is 3.42. The van der Waals surface area contributed by atoms with Gasteiger partial charge in [-0.1, -0.05) is 0 Å². The summed E-state index contributed by atoms with van der Waals surface area (Å²) in [7, 11) is 0. The van der Waals surface area contributed by atoms with Crippen LogP contribution in [0.25, 0.3) is 0 Å². The molecule has 3 aliphatic rings. The maximum Gasteiger partial charge on any atom is 0.164 e. The minimum absolute atomic E-state index is 0.0104. The van der Waals surface area contributed by atoms with Gasteiger partial charge in [0.05, 0.1) is 6.04 Å². The summed E-state index contributed by atoms with van der Waals surface area (Å²) in [5, 5.41) is 8.03. The van der Waals surface area contributed by atoms with Crippen LogP contribution < -0.4 is 0 Å². The largest absolute Gasteiger partial charge is 0.297 e. The highest BCUT2D eigenvalue weighted by Gasteiger charge is 2.58. The van der Waals surface area contributed by atoms with Crippen molar-refractivity contribution in [2.75, 3.05) is 0 Å². The molecule has 0 spiro atoms. The molecule has 4 bridgehead atoms. The Morgan fingerprint density at radius 1 is 1.30 bits per heavy atom. The van der Waals surface area contributed by atoms with Crippen LogP contribution in [-0.2, 0) is 4.79 Å². The Bertz CT molecular complexity index is 236. The number of hydrogen-bond donors (Lipinski definition) is 0. The predicted octanol–water partition coefficient (Wildman–Crippen LogP) is 0.798. The molecule has 2 fully saturated rings. The van der Waals surface area contributed by atoms with Crippen molar-refractivity contribution in [3.05, 3.63) is 0 Å². The van der Waals surface area contributed by atoms with Crippen LogP contribution in [-0.4, -0.2) is 17.9 Å². The summed E-state index contributed by atoms with van der Waals surface area (Å²) >= 11 is 0. The maximum atomic E-state index is 11.3. The molecule has 3 rings (SSSR count). The Morgan fingerprint density at radius 2 is 2.20 bits per heavy atom. The van der Waals surface area contributed by atoms with E-state index in [-0.39, 0.29) is 12.0 Å². The third kappa shape index (κ3) is 0.334. The molecule has 4 unspecified atom stereocenters. The molecule has 52 valence electrons. The zero-order valence-electron chi connectivity index (χ0n) is 5.53. The normalized spacial score (nSPS) is 55.0. The molecule has 2 saturated carbocycles. The first-order valence-electron chi connectivity index (χ1n) is 3.81. The number of nitrogens with zero attached hydrogens (tertiary/aromatic N) is 2. The lowest BCUT2D eigenvalue weighted by Gasteiger charge is -2.13. The highest BCUT2D eigenvalue weighted by Crippen LogP contribution is 2.49. The lowest BCUT2D eigenvalue weighted by molar-refractivity contribution is -0.123. The van der Waals surface area contributed by atoms with E-state index in [2.05, 4.69) is 10.2 Å². The Hall–Kier alpha value is -0.730. The van der Waals surface area contributed by atoms with E-state index < -0.39 is 0 Å². The summed E-state index contributed by atoms with van der Waals surface area (Å²) in [5.41, 5.74) is 0. The number of rotatable bonds is 0. The van der Waals surface area contributed by atoms with Gasteiger partial charge in [-0.05, 0) is 12.8 Å². The standard InChI is InChI=1S/C7H8N2O/c10-7-4-2-1-3-5(4)8-9-6(3)7/h3-6H,1-2H2. The monoisotopic (exact) mass is 136 g/mol. The summed E-state index contributed by atoms with van der Waals surface area (Å²) in [5.74, 6) is 1.15. The Labute approximate surface area is 58.5 Å². The zero-order chi connectivity index (χ0) is 6.72. The van der Waals surface area contributed by atoms with Crippen LogP contribution in [0.3, 0.4) is 0 Å². The van der Waals surface area contributed by atoms with Crippen LogP contribution in [0.15, 0.2) is 10.2 Å². The van der Waals surface area contributed by atoms with Gasteiger partial charge in [-0.2, -0.15) is 10.2 Å². The fourth-order valence-electron chi connectivity index (χ4n) is 2.55. The quantitative estimate of drug-likeness (QED) is 0.485. The smallest absolute Gasteiger partial charge is 0.164 e. The SMILES string of the molecule is O=C1C2CCC3C1N=NC23. The van der Waals surface area contributed by atoms with Crippen LogP contribution in [0, 0.1) is 11.8 Å². The van der Waals surface area contributed by atoms with E-state index in [1.165, 1.54) is 6.42 Å². The zero-order valence-corrected chi connectivity index (χ0v) is 5.53. The van der Waals surface area contributed by atoms with Crippen molar-refractivity contribution in [1.82, 2.24) is 0 Å². The molecule has 3 heteroatoms. The maximum absolute atomic E-state index is 11.3. The van der Waals surface area contributed by atoms with Gasteiger partial charge in [-0.15, -0.1) is 0 Å². The third-order valence-electron chi connectivity index (χ3n) is 3.05. The van der Waals surface area contributed by atoms with E-state index in [1.807, 2.05) is 0 Å². The molecule has 0 amide bonds. The highest BCUT2D eigenvalue weighted by atomic mass is 16.1. The van der Waals surface area contributed by atoms with Gasteiger partial charge >= 0.3 is 0 Å². The summed E-state index contributed by atoms with van der Waals surface area (Å²) in [6, 6.07) is 0.293. The molecule has 0 saturated heterocycles. The van der Waals surface area contributed by atoms with Crippen LogP contribution in [0.5, 0.6) is 0 Å². The van der Waals surface area contributed by atoms with E-state index in [1.54, 1.807) is 0 Å². The van der Waals surface area contributed by atoms with Gasteiger partial charge in [0.1, 0.15) is 6.04 Å².